The highest BCUT2D eigenvalue weighted by molar-refractivity contribution is 9.10. The first-order chi connectivity index (χ1) is 9.90. The summed E-state index contributed by atoms with van der Waals surface area (Å²) in [6.07, 6.45) is 1.77. The molecule has 21 heavy (non-hydrogen) atoms. The van der Waals surface area contributed by atoms with Gasteiger partial charge >= 0.3 is 0 Å². The van der Waals surface area contributed by atoms with Crippen LogP contribution in [0, 0.1) is 13.8 Å². The molecule has 2 N–H and O–H groups in total. The third kappa shape index (κ3) is 3.33. The van der Waals surface area contributed by atoms with Crippen molar-refractivity contribution in [2.75, 3.05) is 0 Å². The maximum Gasteiger partial charge on any atom is 0.286 e. The number of nitrogens with zero attached hydrogens (tertiary/aromatic N) is 1. The zero-order valence-corrected chi connectivity index (χ0v) is 13.6. The molecule has 6 heteroatoms. The molecule has 0 atom stereocenters. The second-order valence-electron chi connectivity index (χ2n) is 4.81. The van der Waals surface area contributed by atoms with Crippen LogP contribution in [0.1, 0.15) is 32.0 Å². The van der Waals surface area contributed by atoms with Crippen molar-refractivity contribution in [2.24, 2.45) is 7.05 Å². The van der Waals surface area contributed by atoms with E-state index in [9.17, 15) is 9.59 Å². The molecule has 2 rings (SSSR count). The molecule has 1 heterocycles. The van der Waals surface area contributed by atoms with Crippen molar-refractivity contribution in [3.63, 3.8) is 0 Å². The smallest absolute Gasteiger partial charge is 0.286 e. The number of benzene rings is 1. The highest BCUT2D eigenvalue weighted by Crippen LogP contribution is 2.14. The van der Waals surface area contributed by atoms with Crippen LogP contribution in [0.2, 0.25) is 0 Å². The van der Waals surface area contributed by atoms with E-state index in [1.165, 1.54) is 0 Å². The first kappa shape index (κ1) is 15.3. The number of nitrogens with one attached hydrogen (secondary N) is 2. The van der Waals surface area contributed by atoms with Gasteiger partial charge < -0.3 is 4.57 Å². The second-order valence-corrected chi connectivity index (χ2v) is 5.73. The Labute approximate surface area is 131 Å². The van der Waals surface area contributed by atoms with E-state index < -0.39 is 0 Å². The summed E-state index contributed by atoms with van der Waals surface area (Å²) >= 11 is 3.30. The summed E-state index contributed by atoms with van der Waals surface area (Å²) in [5, 5.41) is 0. The molecule has 0 radical (unpaired) electrons. The van der Waals surface area contributed by atoms with E-state index in [1.54, 1.807) is 29.9 Å². The van der Waals surface area contributed by atoms with E-state index in [0.717, 1.165) is 15.6 Å². The summed E-state index contributed by atoms with van der Waals surface area (Å²) in [4.78, 5) is 24.1. The largest absolute Gasteiger partial charge is 0.345 e. The van der Waals surface area contributed by atoms with Gasteiger partial charge in [0.15, 0.2) is 0 Å². The number of hydrazine groups is 1. The standard InChI is InChI=1S/C15H16BrN3O2/c1-9-5-4-6-12(10(9)2)14(20)17-18-15(21)13-7-11(16)8-19(13)3/h4-8H,1-3H3,(H,17,20)(H,18,21). The number of aromatic nitrogens is 1. The lowest BCUT2D eigenvalue weighted by atomic mass is 10.0. The summed E-state index contributed by atoms with van der Waals surface area (Å²) in [5.41, 5.74) is 7.77. The molecule has 0 saturated carbocycles. The van der Waals surface area contributed by atoms with E-state index in [-0.39, 0.29) is 11.8 Å². The van der Waals surface area contributed by atoms with Gasteiger partial charge in [0.2, 0.25) is 0 Å². The van der Waals surface area contributed by atoms with Crippen LogP contribution in [-0.4, -0.2) is 16.4 Å². The number of carbonyl (C=O) groups excluding carboxylic acids is 2. The topological polar surface area (TPSA) is 63.1 Å². The van der Waals surface area contributed by atoms with Crippen molar-refractivity contribution >= 4 is 27.7 Å². The number of hydrogen-bond donors (Lipinski definition) is 2. The molecule has 2 aromatic rings. The SMILES string of the molecule is Cc1cccc(C(=O)NNC(=O)c2cc(Br)cn2C)c1C. The van der Waals surface area contributed by atoms with Crippen LogP contribution < -0.4 is 10.9 Å². The zero-order chi connectivity index (χ0) is 15.6. The van der Waals surface area contributed by atoms with E-state index >= 15 is 0 Å². The first-order valence-corrected chi connectivity index (χ1v) is 7.18. The number of amides is 2. The van der Waals surface area contributed by atoms with Crippen molar-refractivity contribution in [3.05, 3.63) is 57.3 Å². The Morgan fingerprint density at radius 1 is 1.14 bits per heavy atom. The predicted molar refractivity (Wildman–Crippen MR) is 84.0 cm³/mol. The van der Waals surface area contributed by atoms with Crippen LogP contribution in [0.25, 0.3) is 0 Å². The number of hydrogen-bond acceptors (Lipinski definition) is 2. The molecule has 0 bridgehead atoms. The molecule has 0 aliphatic rings. The normalized spacial score (nSPS) is 10.3. The minimum atomic E-state index is -0.373. The van der Waals surface area contributed by atoms with E-state index in [2.05, 4.69) is 26.8 Å². The second kappa shape index (κ2) is 6.13. The van der Waals surface area contributed by atoms with Gasteiger partial charge in [-0.3, -0.25) is 20.4 Å². The Balaban J connectivity index is 2.06. The highest BCUT2D eigenvalue weighted by Gasteiger charge is 2.14. The molecule has 0 fully saturated rings. The molecule has 1 aromatic heterocycles. The van der Waals surface area contributed by atoms with Gasteiger partial charge in [0.05, 0.1) is 0 Å². The predicted octanol–water partition coefficient (Wildman–Crippen LogP) is 2.48. The van der Waals surface area contributed by atoms with Gasteiger partial charge in [-0.25, -0.2) is 0 Å². The fourth-order valence-electron chi connectivity index (χ4n) is 1.99. The van der Waals surface area contributed by atoms with Crippen molar-refractivity contribution in [2.45, 2.75) is 13.8 Å². The summed E-state index contributed by atoms with van der Waals surface area (Å²) in [5.74, 6) is -0.709. The molecule has 2 amide bonds. The molecule has 5 nitrogen and oxygen atoms in total. The Bertz CT molecular complexity index is 707. The number of halogens is 1. The molecule has 110 valence electrons. The van der Waals surface area contributed by atoms with Gasteiger partial charge in [0.1, 0.15) is 5.69 Å². The van der Waals surface area contributed by atoms with Crippen LogP contribution in [-0.2, 0) is 7.05 Å². The minimum absolute atomic E-state index is 0.335. The molecule has 1 aromatic carbocycles. The number of rotatable bonds is 2. The fourth-order valence-corrected chi connectivity index (χ4v) is 2.52. The average Bonchev–Trinajstić information content (AvgIpc) is 2.78. The van der Waals surface area contributed by atoms with Gasteiger partial charge in [0.25, 0.3) is 11.8 Å². The molecule has 0 aliphatic heterocycles. The van der Waals surface area contributed by atoms with E-state index in [1.807, 2.05) is 26.0 Å². The third-order valence-corrected chi connectivity index (χ3v) is 3.78. The molecule has 0 unspecified atom stereocenters. The lowest BCUT2D eigenvalue weighted by Crippen LogP contribution is -2.42. The van der Waals surface area contributed by atoms with Crippen molar-refractivity contribution in [1.29, 1.82) is 0 Å². The number of carbonyl (C=O) groups is 2. The first-order valence-electron chi connectivity index (χ1n) is 6.39. The summed E-state index contributed by atoms with van der Waals surface area (Å²) < 4.78 is 2.47. The van der Waals surface area contributed by atoms with Gasteiger partial charge in [-0.1, -0.05) is 12.1 Å². The van der Waals surface area contributed by atoms with E-state index in [4.69, 9.17) is 0 Å². The van der Waals surface area contributed by atoms with Crippen LogP contribution in [0.4, 0.5) is 0 Å². The fraction of sp³-hybridized carbons (Fsp3) is 0.200. The van der Waals surface area contributed by atoms with Crippen molar-refractivity contribution in [3.8, 4) is 0 Å². The minimum Gasteiger partial charge on any atom is -0.345 e. The lowest BCUT2D eigenvalue weighted by Gasteiger charge is -2.10. The van der Waals surface area contributed by atoms with Crippen LogP contribution in [0.15, 0.2) is 34.9 Å². The Morgan fingerprint density at radius 3 is 2.43 bits per heavy atom. The maximum absolute atomic E-state index is 12.1. The van der Waals surface area contributed by atoms with E-state index in [0.29, 0.717) is 11.3 Å². The highest BCUT2D eigenvalue weighted by atomic mass is 79.9. The van der Waals surface area contributed by atoms with Crippen molar-refractivity contribution in [1.82, 2.24) is 15.4 Å². The summed E-state index contributed by atoms with van der Waals surface area (Å²) in [7, 11) is 1.76. The van der Waals surface area contributed by atoms with Gasteiger partial charge in [0, 0.05) is 23.3 Å². The van der Waals surface area contributed by atoms with Crippen LogP contribution >= 0.6 is 15.9 Å². The van der Waals surface area contributed by atoms with Gasteiger partial charge in [-0.15, -0.1) is 0 Å². The van der Waals surface area contributed by atoms with Crippen molar-refractivity contribution < 1.29 is 9.59 Å². The zero-order valence-electron chi connectivity index (χ0n) is 12.0. The molecular formula is C15H16BrN3O2. The maximum atomic E-state index is 12.1. The average molecular weight is 350 g/mol. The van der Waals surface area contributed by atoms with Crippen LogP contribution in [0.5, 0.6) is 0 Å². The van der Waals surface area contributed by atoms with Gasteiger partial charge in [-0.2, -0.15) is 0 Å². The molecule has 0 aliphatic carbocycles. The summed E-state index contributed by atoms with van der Waals surface area (Å²) in [6, 6.07) is 7.15. The van der Waals surface area contributed by atoms with Gasteiger partial charge in [-0.05, 0) is 53.0 Å². The quantitative estimate of drug-likeness (QED) is 0.818. The molecule has 0 saturated heterocycles. The Morgan fingerprint density at radius 2 is 1.81 bits per heavy atom. The van der Waals surface area contributed by atoms with Crippen LogP contribution in [0.3, 0.4) is 0 Å². The summed E-state index contributed by atoms with van der Waals surface area (Å²) in [6.45, 7) is 3.81. The third-order valence-electron chi connectivity index (χ3n) is 3.34. The molecule has 0 spiro atoms. The molecular weight excluding hydrogens is 334 g/mol. The monoisotopic (exact) mass is 349 g/mol. The Kier molecular flexibility index (Phi) is 4.47. The number of aryl methyl sites for hydroxylation is 2. The Hall–Kier alpha value is -2.08. The lowest BCUT2D eigenvalue weighted by molar-refractivity contribution is 0.0841.